The van der Waals surface area contributed by atoms with Crippen LogP contribution in [0.25, 0.3) is 0 Å². The van der Waals surface area contributed by atoms with Gasteiger partial charge < -0.3 is 15.1 Å². The van der Waals surface area contributed by atoms with Gasteiger partial charge in [0.2, 0.25) is 0 Å². The van der Waals surface area contributed by atoms with Gasteiger partial charge in [-0.25, -0.2) is 4.79 Å². The lowest BCUT2D eigenvalue weighted by Crippen LogP contribution is -2.37. The van der Waals surface area contributed by atoms with Crippen molar-refractivity contribution < 1.29 is 9.21 Å². The standard InChI is InChI=1S/C14H15ClN2O2/c1-10(9-11-5-4-8-19-11)16-14(18)17-13-7-3-2-6-12(13)15/h2-8,10H,9H2,1H3,(H2,16,17,18)/t10-/m0/s1. The molecule has 1 heterocycles. The number of rotatable bonds is 4. The van der Waals surface area contributed by atoms with Gasteiger partial charge in [-0.15, -0.1) is 0 Å². The summed E-state index contributed by atoms with van der Waals surface area (Å²) in [5.74, 6) is 0.838. The Kier molecular flexibility index (Phi) is 4.47. The quantitative estimate of drug-likeness (QED) is 0.896. The van der Waals surface area contributed by atoms with Crippen LogP contribution < -0.4 is 10.6 Å². The molecule has 0 aliphatic rings. The predicted molar refractivity (Wildman–Crippen MR) is 75.5 cm³/mol. The van der Waals surface area contributed by atoms with Crippen LogP contribution in [0.15, 0.2) is 47.1 Å². The number of carbonyl (C=O) groups excluding carboxylic acids is 1. The Balaban J connectivity index is 1.86. The second kappa shape index (κ2) is 6.29. The number of nitrogens with one attached hydrogen (secondary N) is 2. The number of hydrogen-bond acceptors (Lipinski definition) is 2. The number of benzene rings is 1. The first-order valence-corrected chi connectivity index (χ1v) is 6.37. The second-order valence-corrected chi connectivity index (χ2v) is 4.67. The maximum absolute atomic E-state index is 11.8. The van der Waals surface area contributed by atoms with Crippen molar-refractivity contribution in [1.82, 2.24) is 5.32 Å². The highest BCUT2D eigenvalue weighted by atomic mass is 35.5. The molecule has 19 heavy (non-hydrogen) atoms. The van der Waals surface area contributed by atoms with Gasteiger partial charge >= 0.3 is 6.03 Å². The van der Waals surface area contributed by atoms with Gasteiger partial charge in [0, 0.05) is 12.5 Å². The fourth-order valence-corrected chi connectivity index (χ4v) is 1.91. The van der Waals surface area contributed by atoms with Crippen LogP contribution in [0.2, 0.25) is 5.02 Å². The molecule has 0 aliphatic heterocycles. The van der Waals surface area contributed by atoms with Gasteiger partial charge in [0.25, 0.3) is 0 Å². The van der Waals surface area contributed by atoms with E-state index >= 15 is 0 Å². The summed E-state index contributed by atoms with van der Waals surface area (Å²) < 4.78 is 5.23. The van der Waals surface area contributed by atoms with E-state index in [0.717, 1.165) is 5.76 Å². The van der Waals surface area contributed by atoms with E-state index in [2.05, 4.69) is 10.6 Å². The highest BCUT2D eigenvalue weighted by Crippen LogP contribution is 2.20. The average molecular weight is 279 g/mol. The van der Waals surface area contributed by atoms with Crippen molar-refractivity contribution in [3.8, 4) is 0 Å². The minimum absolute atomic E-state index is 0.0337. The van der Waals surface area contributed by atoms with Gasteiger partial charge in [-0.2, -0.15) is 0 Å². The van der Waals surface area contributed by atoms with Gasteiger partial charge in [0.1, 0.15) is 5.76 Å². The van der Waals surface area contributed by atoms with Crippen molar-refractivity contribution in [2.24, 2.45) is 0 Å². The van der Waals surface area contributed by atoms with Crippen LogP contribution in [-0.4, -0.2) is 12.1 Å². The monoisotopic (exact) mass is 278 g/mol. The van der Waals surface area contributed by atoms with Crippen LogP contribution in [0, 0.1) is 0 Å². The van der Waals surface area contributed by atoms with Gasteiger partial charge in [-0.3, -0.25) is 0 Å². The molecule has 100 valence electrons. The molecular formula is C14H15ClN2O2. The second-order valence-electron chi connectivity index (χ2n) is 4.26. The Labute approximate surface area is 116 Å². The zero-order chi connectivity index (χ0) is 13.7. The van der Waals surface area contributed by atoms with Gasteiger partial charge in [0.15, 0.2) is 0 Å². The molecule has 1 aromatic heterocycles. The van der Waals surface area contributed by atoms with Crippen LogP contribution in [0.1, 0.15) is 12.7 Å². The first-order chi connectivity index (χ1) is 9.15. The van der Waals surface area contributed by atoms with E-state index in [-0.39, 0.29) is 12.1 Å². The molecule has 2 N–H and O–H groups in total. The molecule has 0 spiro atoms. The molecule has 0 saturated heterocycles. The number of urea groups is 1. The molecule has 1 atom stereocenters. The van der Waals surface area contributed by atoms with Gasteiger partial charge in [-0.1, -0.05) is 23.7 Å². The maximum atomic E-state index is 11.8. The molecule has 0 unspecified atom stereocenters. The lowest BCUT2D eigenvalue weighted by atomic mass is 10.2. The number of anilines is 1. The van der Waals surface area contributed by atoms with Crippen LogP contribution >= 0.6 is 11.6 Å². The molecule has 0 fully saturated rings. The van der Waals surface area contributed by atoms with E-state index in [1.165, 1.54) is 0 Å². The van der Waals surface area contributed by atoms with Crippen molar-refractivity contribution in [2.45, 2.75) is 19.4 Å². The third-order valence-corrected chi connectivity index (χ3v) is 2.92. The van der Waals surface area contributed by atoms with E-state index < -0.39 is 0 Å². The first-order valence-electron chi connectivity index (χ1n) is 5.99. The molecule has 0 saturated carbocycles. The SMILES string of the molecule is C[C@@H](Cc1ccco1)NC(=O)Nc1ccccc1Cl. The number of furan rings is 1. The minimum atomic E-state index is -0.285. The molecule has 2 aromatic rings. The third kappa shape index (κ3) is 4.03. The third-order valence-electron chi connectivity index (χ3n) is 2.59. The summed E-state index contributed by atoms with van der Waals surface area (Å²) in [4.78, 5) is 11.8. The summed E-state index contributed by atoms with van der Waals surface area (Å²) >= 11 is 5.96. The fourth-order valence-electron chi connectivity index (χ4n) is 1.73. The van der Waals surface area contributed by atoms with Gasteiger partial charge in [0.05, 0.1) is 17.0 Å². The van der Waals surface area contributed by atoms with E-state index in [9.17, 15) is 4.79 Å². The molecule has 1 aromatic carbocycles. The molecule has 4 nitrogen and oxygen atoms in total. The predicted octanol–water partition coefficient (Wildman–Crippen LogP) is 3.69. The topological polar surface area (TPSA) is 54.3 Å². The Morgan fingerprint density at radius 3 is 2.79 bits per heavy atom. The minimum Gasteiger partial charge on any atom is -0.469 e. The Morgan fingerprint density at radius 2 is 2.11 bits per heavy atom. The molecule has 0 radical (unpaired) electrons. The number of para-hydroxylation sites is 1. The Bertz CT molecular complexity index is 540. The van der Waals surface area contributed by atoms with Crippen molar-refractivity contribution in [2.75, 3.05) is 5.32 Å². The summed E-state index contributed by atoms with van der Waals surface area (Å²) in [6.45, 7) is 1.91. The molecule has 0 bridgehead atoms. The number of hydrogen-bond donors (Lipinski definition) is 2. The summed E-state index contributed by atoms with van der Waals surface area (Å²) in [5.41, 5.74) is 0.590. The maximum Gasteiger partial charge on any atom is 0.319 e. The largest absolute Gasteiger partial charge is 0.469 e. The molecule has 2 rings (SSSR count). The van der Waals surface area contributed by atoms with Crippen LogP contribution in [0.5, 0.6) is 0 Å². The normalized spacial score (nSPS) is 11.9. The Hall–Kier alpha value is -1.94. The highest BCUT2D eigenvalue weighted by Gasteiger charge is 2.10. The zero-order valence-electron chi connectivity index (χ0n) is 10.5. The van der Waals surface area contributed by atoms with E-state index in [0.29, 0.717) is 17.1 Å². The highest BCUT2D eigenvalue weighted by molar-refractivity contribution is 6.33. The summed E-state index contributed by atoms with van der Waals surface area (Å²) in [6, 6.07) is 10.5. The molecule has 5 heteroatoms. The summed E-state index contributed by atoms with van der Waals surface area (Å²) in [5, 5.41) is 6.04. The molecular weight excluding hydrogens is 264 g/mol. The average Bonchev–Trinajstić information content (AvgIpc) is 2.84. The van der Waals surface area contributed by atoms with Crippen LogP contribution in [0.4, 0.5) is 10.5 Å². The zero-order valence-corrected chi connectivity index (χ0v) is 11.3. The van der Waals surface area contributed by atoms with Crippen LogP contribution in [-0.2, 0) is 6.42 Å². The lowest BCUT2D eigenvalue weighted by molar-refractivity contribution is 0.248. The Morgan fingerprint density at radius 1 is 1.32 bits per heavy atom. The van der Waals surface area contributed by atoms with Crippen molar-refractivity contribution in [3.05, 3.63) is 53.4 Å². The van der Waals surface area contributed by atoms with E-state index in [4.69, 9.17) is 16.0 Å². The van der Waals surface area contributed by atoms with Gasteiger partial charge in [-0.05, 0) is 31.2 Å². The summed E-state index contributed by atoms with van der Waals surface area (Å²) in [6.07, 6.45) is 2.26. The summed E-state index contributed by atoms with van der Waals surface area (Å²) in [7, 11) is 0. The van der Waals surface area contributed by atoms with E-state index in [1.54, 1.807) is 18.4 Å². The lowest BCUT2D eigenvalue weighted by Gasteiger charge is -2.14. The fraction of sp³-hybridized carbons (Fsp3) is 0.214. The molecule has 2 amide bonds. The molecule has 0 aliphatic carbocycles. The van der Waals surface area contributed by atoms with E-state index in [1.807, 2.05) is 31.2 Å². The van der Waals surface area contributed by atoms with Crippen molar-refractivity contribution in [1.29, 1.82) is 0 Å². The number of carbonyl (C=O) groups is 1. The smallest absolute Gasteiger partial charge is 0.319 e. The number of halogens is 1. The van der Waals surface area contributed by atoms with Crippen LogP contribution in [0.3, 0.4) is 0 Å². The van der Waals surface area contributed by atoms with Crippen molar-refractivity contribution in [3.63, 3.8) is 0 Å². The van der Waals surface area contributed by atoms with Crippen molar-refractivity contribution >= 4 is 23.3 Å². The number of amides is 2. The first kappa shape index (κ1) is 13.5.